The molecule has 0 spiro atoms. The van der Waals surface area contributed by atoms with Gasteiger partial charge in [-0.2, -0.15) is 4.80 Å². The smallest absolute Gasteiger partial charge is 0.175 e. The molecule has 0 fully saturated rings. The highest BCUT2D eigenvalue weighted by Gasteiger charge is 2.15. The summed E-state index contributed by atoms with van der Waals surface area (Å²) in [6.45, 7) is 4.39. The molecule has 0 radical (unpaired) electrons. The lowest BCUT2D eigenvalue weighted by molar-refractivity contribution is 0.380. The Morgan fingerprint density at radius 2 is 2.21 bits per heavy atom. The topological polar surface area (TPSA) is 55.6 Å². The molecule has 0 saturated carbocycles. The largest absolute Gasteiger partial charge is 0.317 e. The molecule has 0 aliphatic carbocycles. The Morgan fingerprint density at radius 3 is 2.64 bits per heavy atom. The van der Waals surface area contributed by atoms with E-state index in [-0.39, 0.29) is 0 Å². The third kappa shape index (κ3) is 2.77. The summed E-state index contributed by atoms with van der Waals surface area (Å²) in [4.78, 5) is 1.50. The van der Waals surface area contributed by atoms with Crippen LogP contribution in [0.4, 0.5) is 0 Å². The third-order valence-corrected chi connectivity index (χ3v) is 2.55. The van der Waals surface area contributed by atoms with Gasteiger partial charge in [-0.25, -0.2) is 0 Å². The standard InChI is InChI=1S/C9H19N5/c1-5-8(10-3)7(2)6-9-11-13-14(4)12-9/h7-8,10H,5-6H2,1-4H3. The molecule has 0 saturated heterocycles. The Kier molecular flexibility index (Phi) is 4.00. The lowest BCUT2D eigenvalue weighted by Gasteiger charge is -2.20. The van der Waals surface area contributed by atoms with Crippen LogP contribution >= 0.6 is 0 Å². The third-order valence-electron chi connectivity index (χ3n) is 2.55. The molecule has 14 heavy (non-hydrogen) atoms. The molecule has 1 aromatic rings. The quantitative estimate of drug-likeness (QED) is 0.741. The molecule has 1 rings (SSSR count). The zero-order chi connectivity index (χ0) is 10.6. The van der Waals surface area contributed by atoms with Crippen LogP contribution in [0.25, 0.3) is 0 Å². The van der Waals surface area contributed by atoms with Crippen molar-refractivity contribution < 1.29 is 0 Å². The van der Waals surface area contributed by atoms with Crippen molar-refractivity contribution >= 4 is 0 Å². The monoisotopic (exact) mass is 197 g/mol. The average molecular weight is 197 g/mol. The summed E-state index contributed by atoms with van der Waals surface area (Å²) in [5.41, 5.74) is 0. The van der Waals surface area contributed by atoms with E-state index in [0.717, 1.165) is 18.7 Å². The molecule has 0 aliphatic heterocycles. The Balaban J connectivity index is 2.51. The van der Waals surface area contributed by atoms with Gasteiger partial charge in [0.2, 0.25) is 0 Å². The number of aromatic nitrogens is 4. The van der Waals surface area contributed by atoms with E-state index in [4.69, 9.17) is 0 Å². The van der Waals surface area contributed by atoms with Crippen molar-refractivity contribution in [2.24, 2.45) is 13.0 Å². The minimum absolute atomic E-state index is 0.527. The van der Waals surface area contributed by atoms with Gasteiger partial charge in [-0.1, -0.05) is 13.8 Å². The molecular weight excluding hydrogens is 178 g/mol. The van der Waals surface area contributed by atoms with Crippen LogP contribution in [0.2, 0.25) is 0 Å². The second-order valence-corrected chi connectivity index (χ2v) is 3.68. The molecule has 1 N–H and O–H groups in total. The van der Waals surface area contributed by atoms with Crippen molar-refractivity contribution in [3.05, 3.63) is 5.82 Å². The van der Waals surface area contributed by atoms with Crippen molar-refractivity contribution in [1.82, 2.24) is 25.5 Å². The van der Waals surface area contributed by atoms with Crippen LogP contribution in [-0.2, 0) is 13.5 Å². The molecule has 0 amide bonds. The van der Waals surface area contributed by atoms with E-state index >= 15 is 0 Å². The van der Waals surface area contributed by atoms with Gasteiger partial charge in [0, 0.05) is 12.5 Å². The zero-order valence-corrected chi connectivity index (χ0v) is 9.36. The van der Waals surface area contributed by atoms with Gasteiger partial charge in [0.05, 0.1) is 7.05 Å². The molecule has 2 atom stereocenters. The molecule has 80 valence electrons. The molecule has 0 bridgehead atoms. The van der Waals surface area contributed by atoms with E-state index in [9.17, 15) is 0 Å². The van der Waals surface area contributed by atoms with Crippen molar-refractivity contribution in [3.63, 3.8) is 0 Å². The number of nitrogens with one attached hydrogen (secondary N) is 1. The van der Waals surface area contributed by atoms with Gasteiger partial charge in [-0.15, -0.1) is 10.2 Å². The number of aryl methyl sites for hydroxylation is 1. The number of hydrogen-bond donors (Lipinski definition) is 1. The van der Waals surface area contributed by atoms with Crippen LogP contribution in [0.5, 0.6) is 0 Å². The maximum atomic E-state index is 4.17. The number of hydrogen-bond acceptors (Lipinski definition) is 4. The molecule has 0 aliphatic rings. The van der Waals surface area contributed by atoms with Crippen LogP contribution in [0, 0.1) is 5.92 Å². The van der Waals surface area contributed by atoms with Crippen LogP contribution in [0.1, 0.15) is 26.1 Å². The Bertz CT molecular complexity index is 266. The van der Waals surface area contributed by atoms with E-state index in [1.807, 2.05) is 7.05 Å². The predicted molar refractivity (Wildman–Crippen MR) is 54.8 cm³/mol. The minimum atomic E-state index is 0.527. The number of nitrogens with zero attached hydrogens (tertiary/aromatic N) is 4. The van der Waals surface area contributed by atoms with Crippen LogP contribution < -0.4 is 5.32 Å². The van der Waals surface area contributed by atoms with Gasteiger partial charge < -0.3 is 5.32 Å². The van der Waals surface area contributed by atoms with Gasteiger partial charge in [-0.05, 0) is 24.6 Å². The van der Waals surface area contributed by atoms with Crippen molar-refractivity contribution in [3.8, 4) is 0 Å². The summed E-state index contributed by atoms with van der Waals surface area (Å²) in [7, 11) is 3.78. The highest BCUT2D eigenvalue weighted by atomic mass is 15.6. The lowest BCUT2D eigenvalue weighted by atomic mass is 9.96. The predicted octanol–water partition coefficient (Wildman–Crippen LogP) is 0.387. The van der Waals surface area contributed by atoms with Crippen molar-refractivity contribution in [2.75, 3.05) is 7.05 Å². The average Bonchev–Trinajstić information content (AvgIpc) is 2.53. The number of tetrazole rings is 1. The number of rotatable bonds is 5. The Labute approximate surface area is 84.9 Å². The van der Waals surface area contributed by atoms with E-state index in [1.54, 1.807) is 7.05 Å². The first-order chi connectivity index (χ1) is 6.67. The van der Waals surface area contributed by atoms with Gasteiger partial charge in [-0.3, -0.25) is 0 Å². The molecule has 2 unspecified atom stereocenters. The van der Waals surface area contributed by atoms with Crippen LogP contribution in [0.15, 0.2) is 0 Å². The summed E-state index contributed by atoms with van der Waals surface area (Å²) < 4.78 is 0. The first-order valence-corrected chi connectivity index (χ1v) is 5.07. The van der Waals surface area contributed by atoms with E-state index in [0.29, 0.717) is 12.0 Å². The highest BCUT2D eigenvalue weighted by Crippen LogP contribution is 2.10. The molecule has 5 nitrogen and oxygen atoms in total. The SMILES string of the molecule is CCC(NC)C(C)Cc1nnn(C)n1. The fraction of sp³-hybridized carbons (Fsp3) is 0.889. The Hall–Kier alpha value is -0.970. The normalized spacial score (nSPS) is 15.4. The molecule has 1 aromatic heterocycles. The maximum Gasteiger partial charge on any atom is 0.175 e. The fourth-order valence-electron chi connectivity index (χ4n) is 1.73. The summed E-state index contributed by atoms with van der Waals surface area (Å²) in [6, 6.07) is 0.527. The van der Waals surface area contributed by atoms with E-state index in [2.05, 4.69) is 34.6 Å². The highest BCUT2D eigenvalue weighted by molar-refractivity contribution is 4.83. The molecule has 5 heteroatoms. The summed E-state index contributed by atoms with van der Waals surface area (Å²) in [6.07, 6.45) is 2.01. The summed E-state index contributed by atoms with van der Waals surface area (Å²) in [5.74, 6) is 1.36. The van der Waals surface area contributed by atoms with Crippen molar-refractivity contribution in [1.29, 1.82) is 0 Å². The minimum Gasteiger partial charge on any atom is -0.317 e. The Morgan fingerprint density at radius 1 is 1.50 bits per heavy atom. The first kappa shape index (κ1) is 11.1. The van der Waals surface area contributed by atoms with Crippen LogP contribution in [0.3, 0.4) is 0 Å². The van der Waals surface area contributed by atoms with Gasteiger partial charge in [0.25, 0.3) is 0 Å². The maximum absolute atomic E-state index is 4.17. The van der Waals surface area contributed by atoms with Gasteiger partial charge in [0.15, 0.2) is 5.82 Å². The summed E-state index contributed by atoms with van der Waals surface area (Å²) in [5, 5.41) is 15.3. The van der Waals surface area contributed by atoms with Crippen LogP contribution in [-0.4, -0.2) is 33.3 Å². The lowest BCUT2D eigenvalue weighted by Crippen LogP contribution is -2.32. The molecular formula is C9H19N5. The zero-order valence-electron chi connectivity index (χ0n) is 9.36. The van der Waals surface area contributed by atoms with Gasteiger partial charge >= 0.3 is 0 Å². The van der Waals surface area contributed by atoms with Gasteiger partial charge in [0.1, 0.15) is 0 Å². The van der Waals surface area contributed by atoms with E-state index < -0.39 is 0 Å². The summed E-state index contributed by atoms with van der Waals surface area (Å²) >= 11 is 0. The fourth-order valence-corrected chi connectivity index (χ4v) is 1.73. The van der Waals surface area contributed by atoms with E-state index in [1.165, 1.54) is 4.80 Å². The first-order valence-electron chi connectivity index (χ1n) is 5.07. The molecule has 0 aromatic carbocycles. The van der Waals surface area contributed by atoms with Crippen molar-refractivity contribution in [2.45, 2.75) is 32.7 Å². The molecule has 1 heterocycles. The second-order valence-electron chi connectivity index (χ2n) is 3.68. The second kappa shape index (κ2) is 5.05.